The van der Waals surface area contributed by atoms with Gasteiger partial charge in [-0.15, -0.1) is 0 Å². The van der Waals surface area contributed by atoms with Gasteiger partial charge in [0, 0.05) is 25.4 Å². The van der Waals surface area contributed by atoms with Crippen molar-refractivity contribution in [2.75, 3.05) is 6.54 Å². The maximum Gasteiger partial charge on any atom is 0.274 e. The van der Waals surface area contributed by atoms with Gasteiger partial charge in [0.1, 0.15) is 11.5 Å². The zero-order chi connectivity index (χ0) is 14.3. The monoisotopic (exact) mass is 274 g/mol. The number of amides is 1. The van der Waals surface area contributed by atoms with E-state index in [9.17, 15) is 4.79 Å². The van der Waals surface area contributed by atoms with E-state index in [0.29, 0.717) is 5.69 Å². The van der Waals surface area contributed by atoms with Crippen LogP contribution >= 0.6 is 0 Å². The summed E-state index contributed by atoms with van der Waals surface area (Å²) >= 11 is 0. The first-order chi connectivity index (χ1) is 9.58. The molecule has 1 saturated heterocycles. The number of carbonyl (C=O) groups excluding carboxylic acids is 1. The van der Waals surface area contributed by atoms with Crippen LogP contribution in [0, 0.1) is 13.8 Å². The van der Waals surface area contributed by atoms with Gasteiger partial charge in [0.25, 0.3) is 5.91 Å². The maximum atomic E-state index is 12.6. The van der Waals surface area contributed by atoms with Crippen molar-refractivity contribution in [2.45, 2.75) is 32.7 Å². The second-order valence-electron chi connectivity index (χ2n) is 5.27. The Bertz CT molecular complexity index is 624. The molecule has 0 radical (unpaired) electrons. The molecule has 1 aliphatic heterocycles. The zero-order valence-corrected chi connectivity index (χ0v) is 12.0. The predicted molar refractivity (Wildman–Crippen MR) is 72.2 cm³/mol. The smallest absolute Gasteiger partial charge is 0.274 e. The maximum absolute atomic E-state index is 12.6. The van der Waals surface area contributed by atoms with Crippen LogP contribution in [-0.4, -0.2) is 32.3 Å². The van der Waals surface area contributed by atoms with Crippen molar-refractivity contribution in [1.29, 1.82) is 0 Å². The summed E-state index contributed by atoms with van der Waals surface area (Å²) in [7, 11) is 1.81. The molecule has 1 fully saturated rings. The Balaban J connectivity index is 1.91. The van der Waals surface area contributed by atoms with E-state index >= 15 is 0 Å². The second kappa shape index (κ2) is 4.77. The predicted octanol–water partition coefficient (Wildman–Crippen LogP) is 2.00. The molecule has 0 aromatic carbocycles. The van der Waals surface area contributed by atoms with Crippen LogP contribution < -0.4 is 0 Å². The highest BCUT2D eigenvalue weighted by Crippen LogP contribution is 2.36. The van der Waals surface area contributed by atoms with Crippen molar-refractivity contribution >= 4 is 5.91 Å². The molecular weight excluding hydrogens is 256 g/mol. The number of hydrogen-bond donors (Lipinski definition) is 0. The van der Waals surface area contributed by atoms with Gasteiger partial charge in [-0.1, -0.05) is 5.16 Å². The molecule has 2 aromatic rings. The van der Waals surface area contributed by atoms with Gasteiger partial charge >= 0.3 is 0 Å². The minimum Gasteiger partial charge on any atom is -0.361 e. The van der Waals surface area contributed by atoms with Gasteiger partial charge in [0.2, 0.25) is 0 Å². The number of rotatable bonds is 2. The van der Waals surface area contributed by atoms with Crippen molar-refractivity contribution in [3.05, 3.63) is 35.0 Å². The van der Waals surface area contributed by atoms with Crippen molar-refractivity contribution in [2.24, 2.45) is 7.05 Å². The molecule has 0 aliphatic carbocycles. The van der Waals surface area contributed by atoms with Crippen molar-refractivity contribution in [1.82, 2.24) is 19.8 Å². The fraction of sp³-hybridized carbons (Fsp3) is 0.500. The van der Waals surface area contributed by atoms with E-state index in [1.165, 1.54) is 0 Å². The van der Waals surface area contributed by atoms with E-state index in [4.69, 9.17) is 4.52 Å². The van der Waals surface area contributed by atoms with Crippen LogP contribution in [0.5, 0.6) is 0 Å². The SMILES string of the molecule is Cc1noc(C)c1C1CCCN1C(=O)c1ccn(C)n1. The lowest BCUT2D eigenvalue weighted by molar-refractivity contribution is 0.0728. The van der Waals surface area contributed by atoms with Crippen molar-refractivity contribution in [3.63, 3.8) is 0 Å². The number of aromatic nitrogens is 3. The molecule has 1 atom stereocenters. The fourth-order valence-corrected chi connectivity index (χ4v) is 2.95. The van der Waals surface area contributed by atoms with E-state index in [0.717, 1.165) is 36.4 Å². The first-order valence-electron chi connectivity index (χ1n) is 6.81. The molecule has 1 aliphatic rings. The molecule has 1 amide bonds. The minimum atomic E-state index is -0.0203. The highest BCUT2D eigenvalue weighted by atomic mass is 16.5. The van der Waals surface area contributed by atoms with Gasteiger partial charge in [0.05, 0.1) is 11.7 Å². The molecule has 2 aromatic heterocycles. The third-order valence-electron chi connectivity index (χ3n) is 3.87. The van der Waals surface area contributed by atoms with Crippen LogP contribution in [0.25, 0.3) is 0 Å². The summed E-state index contributed by atoms with van der Waals surface area (Å²) < 4.78 is 6.88. The van der Waals surface area contributed by atoms with Crippen LogP contribution in [0.15, 0.2) is 16.8 Å². The lowest BCUT2D eigenvalue weighted by Gasteiger charge is -2.23. The molecule has 0 spiro atoms. The largest absolute Gasteiger partial charge is 0.361 e. The summed E-state index contributed by atoms with van der Waals surface area (Å²) in [5.74, 6) is 0.779. The summed E-state index contributed by atoms with van der Waals surface area (Å²) in [6, 6.07) is 1.81. The quantitative estimate of drug-likeness (QED) is 0.840. The number of nitrogens with zero attached hydrogens (tertiary/aromatic N) is 4. The molecule has 0 saturated carbocycles. The number of hydrogen-bond acceptors (Lipinski definition) is 4. The normalized spacial score (nSPS) is 18.8. The van der Waals surface area contributed by atoms with Gasteiger partial charge in [-0.05, 0) is 32.8 Å². The number of aryl methyl sites for hydroxylation is 3. The fourth-order valence-electron chi connectivity index (χ4n) is 2.95. The molecule has 0 bridgehead atoms. The highest BCUT2D eigenvalue weighted by molar-refractivity contribution is 5.92. The molecule has 0 N–H and O–H groups in total. The number of carbonyl (C=O) groups is 1. The molecule has 3 heterocycles. The highest BCUT2D eigenvalue weighted by Gasteiger charge is 2.34. The van der Waals surface area contributed by atoms with Crippen molar-refractivity contribution in [3.8, 4) is 0 Å². The second-order valence-corrected chi connectivity index (χ2v) is 5.27. The molecular formula is C14H18N4O2. The number of likely N-dealkylation sites (tertiary alicyclic amines) is 1. The van der Waals surface area contributed by atoms with E-state index < -0.39 is 0 Å². The van der Waals surface area contributed by atoms with Gasteiger partial charge in [-0.3, -0.25) is 9.48 Å². The summed E-state index contributed by atoms with van der Waals surface area (Å²) in [5, 5.41) is 8.20. The lowest BCUT2D eigenvalue weighted by Crippen LogP contribution is -2.31. The van der Waals surface area contributed by atoms with Crippen LogP contribution in [0.2, 0.25) is 0 Å². The Morgan fingerprint density at radius 3 is 2.85 bits per heavy atom. The Labute approximate surface area is 117 Å². The average Bonchev–Trinajstić information content (AvgIpc) is 3.10. The zero-order valence-electron chi connectivity index (χ0n) is 12.0. The lowest BCUT2D eigenvalue weighted by atomic mass is 10.0. The molecule has 3 rings (SSSR count). The molecule has 6 heteroatoms. The molecule has 6 nitrogen and oxygen atoms in total. The van der Waals surface area contributed by atoms with Crippen molar-refractivity contribution < 1.29 is 9.32 Å². The van der Waals surface area contributed by atoms with Crippen LogP contribution in [0.1, 0.15) is 46.4 Å². The Morgan fingerprint density at radius 2 is 2.25 bits per heavy atom. The van der Waals surface area contributed by atoms with Gasteiger partial charge in [-0.25, -0.2) is 0 Å². The van der Waals surface area contributed by atoms with E-state index in [1.807, 2.05) is 25.8 Å². The van der Waals surface area contributed by atoms with Gasteiger partial charge < -0.3 is 9.42 Å². The summed E-state index contributed by atoms with van der Waals surface area (Å²) in [6.07, 6.45) is 3.73. The summed E-state index contributed by atoms with van der Waals surface area (Å²) in [5.41, 5.74) is 2.41. The Kier molecular flexibility index (Phi) is 3.08. The Hall–Kier alpha value is -2.11. The van der Waals surface area contributed by atoms with Crippen LogP contribution in [0.3, 0.4) is 0 Å². The first kappa shape index (κ1) is 12.9. The van der Waals surface area contributed by atoms with E-state index in [2.05, 4.69) is 10.3 Å². The van der Waals surface area contributed by atoms with Gasteiger partial charge in [-0.2, -0.15) is 5.10 Å². The van der Waals surface area contributed by atoms with E-state index in [1.54, 1.807) is 16.9 Å². The van der Waals surface area contributed by atoms with Gasteiger partial charge in [0.15, 0.2) is 0 Å². The molecule has 20 heavy (non-hydrogen) atoms. The van der Waals surface area contributed by atoms with Crippen LogP contribution in [0.4, 0.5) is 0 Å². The molecule has 106 valence electrons. The summed E-state index contributed by atoms with van der Waals surface area (Å²) in [6.45, 7) is 4.58. The topological polar surface area (TPSA) is 64.2 Å². The third-order valence-corrected chi connectivity index (χ3v) is 3.87. The molecule has 1 unspecified atom stereocenters. The third kappa shape index (κ3) is 2.01. The first-order valence-corrected chi connectivity index (χ1v) is 6.81. The van der Waals surface area contributed by atoms with E-state index in [-0.39, 0.29) is 11.9 Å². The standard InChI is InChI=1S/C14H18N4O2/c1-9-13(10(2)20-16-9)12-5-4-7-18(12)14(19)11-6-8-17(3)15-11/h6,8,12H,4-5,7H2,1-3H3. The minimum absolute atomic E-state index is 0.0203. The average molecular weight is 274 g/mol. The summed E-state index contributed by atoms with van der Waals surface area (Å²) in [4.78, 5) is 14.5. The Morgan fingerprint density at radius 1 is 1.45 bits per heavy atom. The van der Waals surface area contributed by atoms with Crippen LogP contribution in [-0.2, 0) is 7.05 Å².